The Morgan fingerprint density at radius 2 is 1.71 bits per heavy atom. The van der Waals surface area contributed by atoms with Crippen molar-refractivity contribution in [3.63, 3.8) is 0 Å². The van der Waals surface area contributed by atoms with E-state index in [1.165, 1.54) is 56.4 Å². The van der Waals surface area contributed by atoms with Crippen molar-refractivity contribution in [3.8, 4) is 0 Å². The van der Waals surface area contributed by atoms with Gasteiger partial charge in [0.05, 0.1) is 0 Å². The van der Waals surface area contributed by atoms with E-state index < -0.39 is 0 Å². The first-order valence-electron chi connectivity index (χ1n) is 6.84. The molecular weight excluding hydrogens is 208 g/mol. The lowest BCUT2D eigenvalue weighted by Gasteiger charge is -2.23. The third-order valence-corrected chi connectivity index (χ3v) is 4.38. The zero-order valence-electron chi connectivity index (χ0n) is 10.5. The zero-order valence-corrected chi connectivity index (χ0v) is 10.5. The second-order valence-corrected chi connectivity index (χ2v) is 5.66. The molecule has 2 fully saturated rings. The monoisotopic (exact) mass is 230 g/mol. The van der Waals surface area contributed by atoms with Crippen LogP contribution < -0.4 is 5.73 Å². The molecule has 92 valence electrons. The molecule has 3 rings (SSSR count). The van der Waals surface area contributed by atoms with Gasteiger partial charge in [-0.1, -0.05) is 24.3 Å². The van der Waals surface area contributed by atoms with Crippen LogP contribution >= 0.6 is 0 Å². The van der Waals surface area contributed by atoms with E-state index in [0.29, 0.717) is 12.0 Å². The second kappa shape index (κ2) is 4.43. The first-order chi connectivity index (χ1) is 8.32. The topological polar surface area (TPSA) is 29.3 Å². The van der Waals surface area contributed by atoms with E-state index in [0.717, 1.165) is 0 Å². The summed E-state index contributed by atoms with van der Waals surface area (Å²) in [7, 11) is 0. The lowest BCUT2D eigenvalue weighted by molar-refractivity contribution is 0.305. The number of nitrogens with zero attached hydrogens (tertiary/aromatic N) is 1. The molecule has 2 heteroatoms. The standard InChI is InChI=1S/C15H22N2/c16-11-13-3-5-14(6-4-13)15(7-8-15)12-17-9-1-2-10-17/h3-6H,1-2,7-12,16H2. The minimum atomic E-state index is 0.484. The fourth-order valence-corrected chi connectivity index (χ4v) is 3.05. The van der Waals surface area contributed by atoms with E-state index in [9.17, 15) is 0 Å². The molecule has 0 bridgehead atoms. The van der Waals surface area contributed by atoms with Crippen LogP contribution in [-0.4, -0.2) is 24.5 Å². The Balaban J connectivity index is 1.72. The van der Waals surface area contributed by atoms with Crippen LogP contribution in [0.15, 0.2) is 24.3 Å². The smallest absolute Gasteiger partial charge is 0.0178 e. The zero-order chi connectivity index (χ0) is 11.7. The summed E-state index contributed by atoms with van der Waals surface area (Å²) in [4.78, 5) is 2.64. The molecule has 0 aromatic heterocycles. The molecule has 1 aromatic rings. The van der Waals surface area contributed by atoms with E-state index in [1.807, 2.05) is 0 Å². The van der Waals surface area contributed by atoms with Gasteiger partial charge in [-0.3, -0.25) is 0 Å². The third-order valence-electron chi connectivity index (χ3n) is 4.38. The number of rotatable bonds is 4. The summed E-state index contributed by atoms with van der Waals surface area (Å²) in [6.07, 6.45) is 5.52. The summed E-state index contributed by atoms with van der Waals surface area (Å²) in [5.41, 5.74) is 8.90. The van der Waals surface area contributed by atoms with Crippen molar-refractivity contribution in [2.75, 3.05) is 19.6 Å². The molecule has 1 saturated heterocycles. The van der Waals surface area contributed by atoms with E-state index in [-0.39, 0.29) is 0 Å². The fourth-order valence-electron chi connectivity index (χ4n) is 3.05. The molecule has 0 atom stereocenters. The normalized spacial score (nSPS) is 22.9. The van der Waals surface area contributed by atoms with Crippen molar-refractivity contribution in [2.45, 2.75) is 37.6 Å². The Morgan fingerprint density at radius 1 is 1.06 bits per heavy atom. The van der Waals surface area contributed by atoms with Crippen molar-refractivity contribution in [1.29, 1.82) is 0 Å². The maximum atomic E-state index is 5.65. The number of nitrogens with two attached hydrogens (primary N) is 1. The van der Waals surface area contributed by atoms with E-state index in [1.54, 1.807) is 0 Å². The molecule has 2 N–H and O–H groups in total. The van der Waals surface area contributed by atoms with Gasteiger partial charge in [0, 0.05) is 18.5 Å². The Morgan fingerprint density at radius 3 is 2.24 bits per heavy atom. The summed E-state index contributed by atoms with van der Waals surface area (Å²) < 4.78 is 0. The molecular formula is C15H22N2. The highest BCUT2D eigenvalue weighted by Crippen LogP contribution is 2.49. The third kappa shape index (κ3) is 2.24. The van der Waals surface area contributed by atoms with Crippen LogP contribution in [0, 0.1) is 0 Å². The molecule has 0 radical (unpaired) electrons. The fraction of sp³-hybridized carbons (Fsp3) is 0.600. The Kier molecular flexibility index (Phi) is 2.93. The van der Waals surface area contributed by atoms with Crippen LogP contribution in [0.2, 0.25) is 0 Å². The van der Waals surface area contributed by atoms with Crippen LogP contribution in [0.5, 0.6) is 0 Å². The largest absolute Gasteiger partial charge is 0.326 e. The Labute approximate surface area is 104 Å². The molecule has 1 saturated carbocycles. The van der Waals surface area contributed by atoms with Crippen LogP contribution in [0.1, 0.15) is 36.8 Å². The van der Waals surface area contributed by atoms with Gasteiger partial charge in [-0.25, -0.2) is 0 Å². The number of likely N-dealkylation sites (tertiary alicyclic amines) is 1. The highest BCUT2D eigenvalue weighted by Gasteiger charge is 2.45. The number of benzene rings is 1. The average molecular weight is 230 g/mol. The highest BCUT2D eigenvalue weighted by atomic mass is 15.1. The highest BCUT2D eigenvalue weighted by molar-refractivity contribution is 5.34. The predicted octanol–water partition coefficient (Wildman–Crippen LogP) is 2.27. The van der Waals surface area contributed by atoms with Crippen LogP contribution in [0.25, 0.3) is 0 Å². The maximum absolute atomic E-state index is 5.65. The van der Waals surface area contributed by atoms with Gasteiger partial charge in [0.25, 0.3) is 0 Å². The molecule has 2 nitrogen and oxygen atoms in total. The van der Waals surface area contributed by atoms with Crippen LogP contribution in [0.4, 0.5) is 0 Å². The number of hydrogen-bond donors (Lipinski definition) is 1. The minimum absolute atomic E-state index is 0.484. The van der Waals surface area contributed by atoms with Crippen LogP contribution in [-0.2, 0) is 12.0 Å². The molecule has 1 aromatic carbocycles. The van der Waals surface area contributed by atoms with Crippen molar-refractivity contribution in [2.24, 2.45) is 5.73 Å². The van der Waals surface area contributed by atoms with Crippen molar-refractivity contribution >= 4 is 0 Å². The van der Waals surface area contributed by atoms with Crippen molar-refractivity contribution < 1.29 is 0 Å². The summed E-state index contributed by atoms with van der Waals surface area (Å²) in [5.74, 6) is 0. The lowest BCUT2D eigenvalue weighted by atomic mass is 9.94. The van der Waals surface area contributed by atoms with Gasteiger partial charge in [-0.2, -0.15) is 0 Å². The van der Waals surface area contributed by atoms with Crippen molar-refractivity contribution in [3.05, 3.63) is 35.4 Å². The van der Waals surface area contributed by atoms with Crippen LogP contribution in [0.3, 0.4) is 0 Å². The Hall–Kier alpha value is -0.860. The van der Waals surface area contributed by atoms with E-state index in [2.05, 4.69) is 29.2 Å². The second-order valence-electron chi connectivity index (χ2n) is 5.66. The summed E-state index contributed by atoms with van der Waals surface area (Å²) in [6.45, 7) is 4.54. The SMILES string of the molecule is NCc1ccc(C2(CN3CCCC3)CC2)cc1. The summed E-state index contributed by atoms with van der Waals surface area (Å²) in [5, 5.41) is 0. The van der Waals surface area contributed by atoms with Gasteiger partial charge in [0.15, 0.2) is 0 Å². The molecule has 0 spiro atoms. The average Bonchev–Trinajstić information content (AvgIpc) is 2.97. The quantitative estimate of drug-likeness (QED) is 0.860. The van der Waals surface area contributed by atoms with E-state index >= 15 is 0 Å². The first kappa shape index (κ1) is 11.2. The molecule has 1 aliphatic carbocycles. The van der Waals surface area contributed by atoms with Gasteiger partial charge in [-0.15, -0.1) is 0 Å². The van der Waals surface area contributed by atoms with E-state index in [4.69, 9.17) is 5.73 Å². The molecule has 1 heterocycles. The number of hydrogen-bond acceptors (Lipinski definition) is 2. The van der Waals surface area contributed by atoms with Gasteiger partial charge in [0.1, 0.15) is 0 Å². The van der Waals surface area contributed by atoms with Gasteiger partial charge in [0.2, 0.25) is 0 Å². The molecule has 0 amide bonds. The molecule has 17 heavy (non-hydrogen) atoms. The summed E-state index contributed by atoms with van der Waals surface area (Å²) in [6, 6.07) is 8.98. The first-order valence-corrected chi connectivity index (χ1v) is 6.84. The Bertz CT molecular complexity index is 372. The van der Waals surface area contributed by atoms with Gasteiger partial charge < -0.3 is 10.6 Å². The maximum Gasteiger partial charge on any atom is 0.0178 e. The lowest BCUT2D eigenvalue weighted by Crippen LogP contribution is -2.30. The molecule has 1 aliphatic heterocycles. The summed E-state index contributed by atoms with van der Waals surface area (Å²) >= 11 is 0. The molecule has 0 unspecified atom stereocenters. The minimum Gasteiger partial charge on any atom is -0.326 e. The van der Waals surface area contributed by atoms with Gasteiger partial charge >= 0.3 is 0 Å². The van der Waals surface area contributed by atoms with Gasteiger partial charge in [-0.05, 0) is 49.9 Å². The van der Waals surface area contributed by atoms with Crippen molar-refractivity contribution in [1.82, 2.24) is 4.90 Å². The molecule has 2 aliphatic rings. The predicted molar refractivity (Wildman–Crippen MR) is 70.9 cm³/mol.